The van der Waals surface area contributed by atoms with E-state index in [-0.39, 0.29) is 0 Å². The number of aromatic amines is 1. The molecule has 2 aromatic rings. The SMILES string of the molecule is C[C@@H](C(=O)NCCc1c[nH]c2ccc(Cl)cc12)S(C)(=O)=O. The number of fused-ring (bicyclic) bond motifs is 1. The monoisotopic (exact) mass is 328 g/mol. The van der Waals surface area contributed by atoms with E-state index in [4.69, 9.17) is 11.6 Å². The lowest BCUT2D eigenvalue weighted by Crippen LogP contribution is -2.38. The van der Waals surface area contributed by atoms with Crippen molar-refractivity contribution in [1.82, 2.24) is 10.3 Å². The van der Waals surface area contributed by atoms with Crippen molar-refractivity contribution < 1.29 is 13.2 Å². The van der Waals surface area contributed by atoms with E-state index >= 15 is 0 Å². The highest BCUT2D eigenvalue weighted by Crippen LogP contribution is 2.22. The van der Waals surface area contributed by atoms with Gasteiger partial charge in [-0.3, -0.25) is 4.79 Å². The van der Waals surface area contributed by atoms with Gasteiger partial charge in [0.15, 0.2) is 9.84 Å². The van der Waals surface area contributed by atoms with Crippen LogP contribution in [0.1, 0.15) is 12.5 Å². The quantitative estimate of drug-likeness (QED) is 0.880. The number of halogens is 1. The van der Waals surface area contributed by atoms with Crippen LogP contribution < -0.4 is 5.32 Å². The van der Waals surface area contributed by atoms with Gasteiger partial charge in [0.25, 0.3) is 0 Å². The van der Waals surface area contributed by atoms with Crippen LogP contribution in [0.4, 0.5) is 0 Å². The number of hydrogen-bond donors (Lipinski definition) is 2. The zero-order chi connectivity index (χ0) is 15.6. The van der Waals surface area contributed by atoms with Crippen LogP contribution in [0.5, 0.6) is 0 Å². The lowest BCUT2D eigenvalue weighted by molar-refractivity contribution is -0.120. The first kappa shape index (κ1) is 15.9. The maximum atomic E-state index is 11.7. The molecule has 0 saturated heterocycles. The molecular weight excluding hydrogens is 312 g/mol. The van der Waals surface area contributed by atoms with Gasteiger partial charge in [0.05, 0.1) is 0 Å². The van der Waals surface area contributed by atoms with Crippen LogP contribution in [-0.2, 0) is 21.1 Å². The molecule has 1 amide bonds. The van der Waals surface area contributed by atoms with Crippen molar-refractivity contribution in [2.75, 3.05) is 12.8 Å². The summed E-state index contributed by atoms with van der Waals surface area (Å²) in [6.07, 6.45) is 3.52. The first-order valence-corrected chi connectivity index (χ1v) is 8.84. The Hall–Kier alpha value is -1.53. The van der Waals surface area contributed by atoms with Crippen LogP contribution in [0.3, 0.4) is 0 Å². The summed E-state index contributed by atoms with van der Waals surface area (Å²) in [6.45, 7) is 1.76. The fourth-order valence-electron chi connectivity index (χ4n) is 2.02. The Morgan fingerprint density at radius 3 is 2.81 bits per heavy atom. The molecule has 0 fully saturated rings. The first-order valence-electron chi connectivity index (χ1n) is 6.51. The Kier molecular flexibility index (Phi) is 4.58. The number of aromatic nitrogens is 1. The van der Waals surface area contributed by atoms with E-state index in [9.17, 15) is 13.2 Å². The summed E-state index contributed by atoms with van der Waals surface area (Å²) in [5.74, 6) is -0.477. The van der Waals surface area contributed by atoms with Gasteiger partial charge in [0, 0.05) is 34.9 Å². The van der Waals surface area contributed by atoms with Crippen LogP contribution in [0.15, 0.2) is 24.4 Å². The number of rotatable bonds is 5. The lowest BCUT2D eigenvalue weighted by atomic mass is 10.1. The Morgan fingerprint density at radius 2 is 2.14 bits per heavy atom. The molecule has 7 heteroatoms. The second-order valence-electron chi connectivity index (χ2n) is 5.02. The molecule has 0 aliphatic rings. The van der Waals surface area contributed by atoms with E-state index in [1.165, 1.54) is 6.92 Å². The average molecular weight is 329 g/mol. The number of nitrogens with one attached hydrogen (secondary N) is 2. The highest BCUT2D eigenvalue weighted by Gasteiger charge is 2.22. The van der Waals surface area contributed by atoms with E-state index in [0.29, 0.717) is 18.0 Å². The summed E-state index contributed by atoms with van der Waals surface area (Å²) >= 11 is 5.97. The molecule has 2 rings (SSSR count). The van der Waals surface area contributed by atoms with E-state index < -0.39 is 21.0 Å². The van der Waals surface area contributed by atoms with Crippen LogP contribution in [0.2, 0.25) is 5.02 Å². The van der Waals surface area contributed by atoms with Crippen LogP contribution in [0, 0.1) is 0 Å². The van der Waals surface area contributed by atoms with Gasteiger partial charge in [0.2, 0.25) is 5.91 Å². The fourth-order valence-corrected chi connectivity index (χ4v) is 2.66. The Morgan fingerprint density at radius 1 is 1.43 bits per heavy atom. The molecule has 1 aromatic heterocycles. The largest absolute Gasteiger partial charge is 0.361 e. The summed E-state index contributed by atoms with van der Waals surface area (Å²) in [5, 5.41) is 3.27. The van der Waals surface area contributed by atoms with Crippen molar-refractivity contribution in [1.29, 1.82) is 0 Å². The van der Waals surface area contributed by atoms with Gasteiger partial charge in [-0.2, -0.15) is 0 Å². The zero-order valence-corrected chi connectivity index (χ0v) is 13.4. The lowest BCUT2D eigenvalue weighted by Gasteiger charge is -2.10. The van der Waals surface area contributed by atoms with E-state index in [1.807, 2.05) is 18.3 Å². The number of benzene rings is 1. The van der Waals surface area contributed by atoms with Gasteiger partial charge in [-0.05, 0) is 37.1 Å². The van der Waals surface area contributed by atoms with Crippen LogP contribution in [-0.4, -0.2) is 37.4 Å². The molecule has 0 radical (unpaired) electrons. The molecule has 0 aliphatic carbocycles. The van der Waals surface area contributed by atoms with Crippen molar-refractivity contribution in [3.63, 3.8) is 0 Å². The molecule has 1 aromatic carbocycles. The predicted molar refractivity (Wildman–Crippen MR) is 84.3 cm³/mol. The number of hydrogen-bond acceptors (Lipinski definition) is 3. The Balaban J connectivity index is 2.00. The van der Waals surface area contributed by atoms with Crippen molar-refractivity contribution >= 4 is 38.2 Å². The minimum atomic E-state index is -3.36. The fraction of sp³-hybridized carbons (Fsp3) is 0.357. The molecule has 1 heterocycles. The summed E-state index contributed by atoms with van der Waals surface area (Å²) in [5.41, 5.74) is 2.00. The summed E-state index contributed by atoms with van der Waals surface area (Å²) in [4.78, 5) is 14.8. The number of H-pyrrole nitrogens is 1. The molecule has 0 saturated carbocycles. The third kappa shape index (κ3) is 3.77. The van der Waals surface area contributed by atoms with Crippen molar-refractivity contribution in [2.45, 2.75) is 18.6 Å². The van der Waals surface area contributed by atoms with Crippen LogP contribution >= 0.6 is 11.6 Å². The normalized spacial score (nSPS) is 13.3. The van der Waals surface area contributed by atoms with Crippen molar-refractivity contribution in [2.24, 2.45) is 0 Å². The molecule has 21 heavy (non-hydrogen) atoms. The molecule has 1 atom stereocenters. The first-order chi connectivity index (χ1) is 9.79. The molecule has 0 bridgehead atoms. The Bertz CT molecular complexity index is 768. The molecule has 0 unspecified atom stereocenters. The molecule has 2 N–H and O–H groups in total. The van der Waals surface area contributed by atoms with Gasteiger partial charge in [0.1, 0.15) is 5.25 Å². The second kappa shape index (κ2) is 6.07. The minimum Gasteiger partial charge on any atom is -0.361 e. The smallest absolute Gasteiger partial charge is 0.238 e. The van der Waals surface area contributed by atoms with Gasteiger partial charge < -0.3 is 10.3 Å². The van der Waals surface area contributed by atoms with Gasteiger partial charge in [-0.15, -0.1) is 0 Å². The van der Waals surface area contributed by atoms with Gasteiger partial charge in [-0.25, -0.2) is 8.42 Å². The third-order valence-electron chi connectivity index (χ3n) is 3.43. The average Bonchev–Trinajstić information content (AvgIpc) is 2.79. The number of sulfone groups is 1. The topological polar surface area (TPSA) is 79.0 Å². The standard InChI is InChI=1S/C14H17ClN2O3S/c1-9(21(2,19)20)14(18)16-6-5-10-8-17-13-4-3-11(15)7-12(10)13/h3-4,7-9,17H,5-6H2,1-2H3,(H,16,18)/t9-/m0/s1. The number of carbonyl (C=O) groups excluding carboxylic acids is 1. The predicted octanol–water partition coefficient (Wildman–Crippen LogP) is 1.91. The molecular formula is C14H17ClN2O3S. The molecule has 0 spiro atoms. The second-order valence-corrected chi connectivity index (χ2v) is 7.82. The van der Waals surface area contributed by atoms with E-state index in [1.54, 1.807) is 6.07 Å². The maximum absolute atomic E-state index is 11.7. The van der Waals surface area contributed by atoms with Crippen molar-refractivity contribution in [3.05, 3.63) is 35.0 Å². The van der Waals surface area contributed by atoms with E-state index in [0.717, 1.165) is 22.7 Å². The summed E-state index contributed by atoms with van der Waals surface area (Å²) in [6, 6.07) is 5.56. The number of amides is 1. The summed E-state index contributed by atoms with van der Waals surface area (Å²) < 4.78 is 22.6. The van der Waals surface area contributed by atoms with Crippen LogP contribution in [0.25, 0.3) is 10.9 Å². The van der Waals surface area contributed by atoms with E-state index in [2.05, 4.69) is 10.3 Å². The minimum absolute atomic E-state index is 0.373. The maximum Gasteiger partial charge on any atom is 0.238 e. The van der Waals surface area contributed by atoms with Gasteiger partial charge in [-0.1, -0.05) is 11.6 Å². The highest BCUT2D eigenvalue weighted by molar-refractivity contribution is 7.92. The van der Waals surface area contributed by atoms with Gasteiger partial charge >= 0.3 is 0 Å². The highest BCUT2D eigenvalue weighted by atomic mass is 35.5. The molecule has 114 valence electrons. The zero-order valence-electron chi connectivity index (χ0n) is 11.8. The summed E-state index contributed by atoms with van der Waals surface area (Å²) in [7, 11) is -3.36. The Labute approximate surface area is 128 Å². The third-order valence-corrected chi connectivity index (χ3v) is 5.17. The number of carbonyl (C=O) groups is 1. The molecule has 5 nitrogen and oxygen atoms in total. The molecule has 0 aliphatic heterocycles. The van der Waals surface area contributed by atoms with Crippen molar-refractivity contribution in [3.8, 4) is 0 Å².